The van der Waals surface area contributed by atoms with Crippen LogP contribution in [0.25, 0.3) is 0 Å². The van der Waals surface area contributed by atoms with Gasteiger partial charge in [-0.3, -0.25) is 0 Å². The Morgan fingerprint density at radius 1 is 1.40 bits per heavy atom. The molecule has 15 heavy (non-hydrogen) atoms. The van der Waals surface area contributed by atoms with E-state index in [4.69, 9.17) is 4.74 Å². The highest BCUT2D eigenvalue weighted by Gasteiger charge is 2.40. The summed E-state index contributed by atoms with van der Waals surface area (Å²) in [6.45, 7) is 2.28. The standard InChI is InChI=1S/C12H14FNO/c13-10-2-1-9-3-4-12(11(9)7-10)8-15-6-5-14-12/h1-2,7,14H,3-6,8H2/t12-/m0/s1. The van der Waals surface area contributed by atoms with Gasteiger partial charge in [-0.15, -0.1) is 0 Å². The number of aryl methyl sites for hydroxylation is 1. The minimum atomic E-state index is -0.151. The van der Waals surface area contributed by atoms with E-state index in [2.05, 4.69) is 5.32 Å². The molecule has 3 heteroatoms. The van der Waals surface area contributed by atoms with E-state index in [1.54, 1.807) is 12.1 Å². The van der Waals surface area contributed by atoms with Gasteiger partial charge in [0.25, 0.3) is 0 Å². The van der Waals surface area contributed by atoms with Crippen LogP contribution < -0.4 is 5.32 Å². The third-order valence-electron chi connectivity index (χ3n) is 3.47. The number of hydrogen-bond acceptors (Lipinski definition) is 2. The van der Waals surface area contributed by atoms with E-state index in [9.17, 15) is 4.39 Å². The largest absolute Gasteiger partial charge is 0.378 e. The number of ether oxygens (including phenoxy) is 1. The molecule has 0 bridgehead atoms. The molecular formula is C12H14FNO. The van der Waals surface area contributed by atoms with Gasteiger partial charge in [0.1, 0.15) is 5.82 Å². The van der Waals surface area contributed by atoms with Crippen molar-refractivity contribution in [1.29, 1.82) is 0 Å². The van der Waals surface area contributed by atoms with Crippen molar-refractivity contribution in [2.24, 2.45) is 0 Å². The molecule has 0 unspecified atom stereocenters. The van der Waals surface area contributed by atoms with Gasteiger partial charge in [0, 0.05) is 6.54 Å². The van der Waals surface area contributed by atoms with Crippen molar-refractivity contribution in [2.75, 3.05) is 19.8 Å². The molecule has 0 radical (unpaired) electrons. The number of hydrogen-bond donors (Lipinski definition) is 1. The zero-order chi connectivity index (χ0) is 10.3. The number of nitrogens with one attached hydrogen (secondary N) is 1. The van der Waals surface area contributed by atoms with E-state index >= 15 is 0 Å². The topological polar surface area (TPSA) is 21.3 Å². The monoisotopic (exact) mass is 207 g/mol. The number of benzene rings is 1. The van der Waals surface area contributed by atoms with Crippen LogP contribution in [-0.2, 0) is 16.7 Å². The predicted octanol–water partition coefficient (Wildman–Crippen LogP) is 1.59. The van der Waals surface area contributed by atoms with Crippen molar-refractivity contribution in [3.05, 3.63) is 35.1 Å². The first kappa shape index (κ1) is 9.31. The molecule has 2 nitrogen and oxygen atoms in total. The summed E-state index contributed by atoms with van der Waals surface area (Å²) in [5.41, 5.74) is 2.24. The smallest absolute Gasteiger partial charge is 0.123 e. The quantitative estimate of drug-likeness (QED) is 0.697. The van der Waals surface area contributed by atoms with Gasteiger partial charge in [-0.05, 0) is 36.1 Å². The second-order valence-corrected chi connectivity index (χ2v) is 4.36. The number of morpholine rings is 1. The van der Waals surface area contributed by atoms with E-state index in [0.29, 0.717) is 6.61 Å². The molecule has 1 saturated heterocycles. The van der Waals surface area contributed by atoms with Crippen molar-refractivity contribution in [1.82, 2.24) is 5.32 Å². The summed E-state index contributed by atoms with van der Waals surface area (Å²) < 4.78 is 18.8. The Kier molecular flexibility index (Phi) is 2.04. The SMILES string of the molecule is Fc1ccc2c(c1)[C@]1(CC2)COCCN1. The lowest BCUT2D eigenvalue weighted by Gasteiger charge is -2.35. The Labute approximate surface area is 88.4 Å². The summed E-state index contributed by atoms with van der Waals surface area (Å²) >= 11 is 0. The molecule has 80 valence electrons. The first-order chi connectivity index (χ1) is 7.30. The van der Waals surface area contributed by atoms with Gasteiger partial charge in [0.05, 0.1) is 18.8 Å². The Balaban J connectivity index is 2.05. The molecule has 1 aliphatic carbocycles. The lowest BCUT2D eigenvalue weighted by atomic mass is 9.92. The van der Waals surface area contributed by atoms with E-state index in [1.807, 2.05) is 6.07 Å². The van der Waals surface area contributed by atoms with Crippen molar-refractivity contribution in [2.45, 2.75) is 18.4 Å². The van der Waals surface area contributed by atoms with Crippen molar-refractivity contribution < 1.29 is 9.13 Å². The lowest BCUT2D eigenvalue weighted by Crippen LogP contribution is -2.50. The number of fused-ring (bicyclic) bond motifs is 2. The van der Waals surface area contributed by atoms with Gasteiger partial charge in [-0.25, -0.2) is 4.39 Å². The second-order valence-electron chi connectivity index (χ2n) is 4.36. The maximum absolute atomic E-state index is 13.2. The van der Waals surface area contributed by atoms with Crippen molar-refractivity contribution in [3.63, 3.8) is 0 Å². The van der Waals surface area contributed by atoms with Crippen LogP contribution >= 0.6 is 0 Å². The Morgan fingerprint density at radius 3 is 3.13 bits per heavy atom. The highest BCUT2D eigenvalue weighted by Crippen LogP contribution is 2.38. The van der Waals surface area contributed by atoms with Crippen LogP contribution in [-0.4, -0.2) is 19.8 Å². The number of halogens is 1. The molecule has 0 amide bonds. The van der Waals surface area contributed by atoms with Crippen LogP contribution in [0.3, 0.4) is 0 Å². The molecule has 1 atom stereocenters. The summed E-state index contributed by atoms with van der Waals surface area (Å²) in [5.74, 6) is -0.151. The minimum Gasteiger partial charge on any atom is -0.378 e. The Hall–Kier alpha value is -0.930. The van der Waals surface area contributed by atoms with Gasteiger partial charge >= 0.3 is 0 Å². The molecule has 1 N–H and O–H groups in total. The molecule has 3 rings (SSSR count). The molecular weight excluding hydrogens is 193 g/mol. The van der Waals surface area contributed by atoms with E-state index in [-0.39, 0.29) is 11.4 Å². The normalized spacial score (nSPS) is 29.4. The van der Waals surface area contributed by atoms with Crippen molar-refractivity contribution in [3.8, 4) is 0 Å². The fraction of sp³-hybridized carbons (Fsp3) is 0.500. The molecule has 1 aromatic rings. The summed E-state index contributed by atoms with van der Waals surface area (Å²) in [7, 11) is 0. The van der Waals surface area contributed by atoms with Crippen molar-refractivity contribution >= 4 is 0 Å². The molecule has 0 aromatic heterocycles. The van der Waals surface area contributed by atoms with Gasteiger partial charge in [-0.2, -0.15) is 0 Å². The summed E-state index contributed by atoms with van der Waals surface area (Å²) in [4.78, 5) is 0. The van der Waals surface area contributed by atoms with Gasteiger partial charge in [0.15, 0.2) is 0 Å². The van der Waals surface area contributed by atoms with E-state index in [0.717, 1.165) is 31.6 Å². The molecule has 0 saturated carbocycles. The molecule has 1 heterocycles. The number of rotatable bonds is 0. The third-order valence-corrected chi connectivity index (χ3v) is 3.47. The van der Waals surface area contributed by atoms with Crippen LogP contribution in [0.4, 0.5) is 4.39 Å². The zero-order valence-corrected chi connectivity index (χ0v) is 8.55. The van der Waals surface area contributed by atoms with Gasteiger partial charge in [-0.1, -0.05) is 6.07 Å². The third kappa shape index (κ3) is 1.38. The highest BCUT2D eigenvalue weighted by molar-refractivity contribution is 5.39. The average Bonchev–Trinajstić information content (AvgIpc) is 2.59. The van der Waals surface area contributed by atoms with E-state index < -0.39 is 0 Å². The fourth-order valence-corrected chi connectivity index (χ4v) is 2.69. The van der Waals surface area contributed by atoms with Crippen LogP contribution in [0.2, 0.25) is 0 Å². The maximum Gasteiger partial charge on any atom is 0.123 e. The molecule has 1 aliphatic heterocycles. The van der Waals surface area contributed by atoms with Crippen LogP contribution in [0, 0.1) is 5.82 Å². The molecule has 1 fully saturated rings. The Bertz CT molecular complexity index is 380. The Morgan fingerprint density at radius 2 is 2.33 bits per heavy atom. The summed E-state index contributed by atoms with van der Waals surface area (Å²) in [6.07, 6.45) is 2.04. The molecule has 1 aromatic carbocycles. The molecule has 1 spiro atoms. The second kappa shape index (κ2) is 3.29. The average molecular weight is 207 g/mol. The van der Waals surface area contributed by atoms with Gasteiger partial charge in [0.2, 0.25) is 0 Å². The van der Waals surface area contributed by atoms with Crippen LogP contribution in [0.1, 0.15) is 17.5 Å². The minimum absolute atomic E-state index is 0.115. The summed E-state index contributed by atoms with van der Waals surface area (Å²) in [5, 5.41) is 3.49. The lowest BCUT2D eigenvalue weighted by molar-refractivity contribution is 0.0259. The summed E-state index contributed by atoms with van der Waals surface area (Å²) in [6, 6.07) is 5.10. The predicted molar refractivity (Wildman–Crippen MR) is 55.2 cm³/mol. The zero-order valence-electron chi connectivity index (χ0n) is 8.55. The van der Waals surface area contributed by atoms with Crippen LogP contribution in [0.15, 0.2) is 18.2 Å². The first-order valence-electron chi connectivity index (χ1n) is 5.42. The maximum atomic E-state index is 13.2. The molecule has 2 aliphatic rings. The van der Waals surface area contributed by atoms with E-state index in [1.165, 1.54) is 5.56 Å². The van der Waals surface area contributed by atoms with Crippen LogP contribution in [0.5, 0.6) is 0 Å². The fourth-order valence-electron chi connectivity index (χ4n) is 2.69. The first-order valence-corrected chi connectivity index (χ1v) is 5.42. The highest BCUT2D eigenvalue weighted by atomic mass is 19.1. The van der Waals surface area contributed by atoms with Gasteiger partial charge < -0.3 is 10.1 Å².